The van der Waals surface area contributed by atoms with E-state index in [2.05, 4.69) is 20.2 Å². The summed E-state index contributed by atoms with van der Waals surface area (Å²) in [4.78, 5) is 33.6. The summed E-state index contributed by atoms with van der Waals surface area (Å²) in [5.74, 6) is 0.270. The molecule has 2 aromatic heterocycles. The molecule has 118 valence electrons. The Balaban J connectivity index is 0.00000192. The van der Waals surface area contributed by atoms with E-state index in [1.54, 1.807) is 0 Å². The molecule has 0 atom stereocenters. The van der Waals surface area contributed by atoms with Crippen molar-refractivity contribution < 1.29 is 29.6 Å². The molecule has 1 aliphatic rings. The third-order valence-corrected chi connectivity index (χ3v) is 3.91. The maximum atomic E-state index is 12.0. The minimum Gasteiger partial charge on any atom is -0.803 e. The van der Waals surface area contributed by atoms with Gasteiger partial charge in [0.1, 0.15) is 11.8 Å². The average Bonchev–Trinajstić information content (AvgIpc) is 3.04. The number of nitrogens with zero attached hydrogens (tertiary/aromatic N) is 5. The summed E-state index contributed by atoms with van der Waals surface area (Å²) in [6.07, 6.45) is 3.68. The SMILES string of the molecule is Cn1c(=O)c(=O)n([O-])c2c(NCCN3CCCC3)ncnc21.[Na+]. The van der Waals surface area contributed by atoms with Gasteiger partial charge in [-0.15, -0.1) is 0 Å². The normalized spacial score (nSPS) is 14.8. The summed E-state index contributed by atoms with van der Waals surface area (Å²) in [6.45, 7) is 3.59. The molecule has 3 rings (SSSR count). The van der Waals surface area contributed by atoms with Gasteiger partial charge in [-0.25, -0.2) is 9.97 Å². The van der Waals surface area contributed by atoms with Crippen molar-refractivity contribution in [1.82, 2.24) is 24.2 Å². The molecule has 0 aromatic carbocycles. The molecule has 2 aromatic rings. The first-order valence-corrected chi connectivity index (χ1v) is 7.20. The van der Waals surface area contributed by atoms with Gasteiger partial charge in [0.2, 0.25) is 0 Å². The van der Waals surface area contributed by atoms with Crippen molar-refractivity contribution in [2.75, 3.05) is 31.5 Å². The zero-order valence-electron chi connectivity index (χ0n) is 13.3. The first-order valence-electron chi connectivity index (χ1n) is 7.20. The first-order chi connectivity index (χ1) is 10.6. The zero-order valence-corrected chi connectivity index (χ0v) is 15.3. The van der Waals surface area contributed by atoms with Crippen LogP contribution in [0, 0.1) is 5.21 Å². The minimum absolute atomic E-state index is 0. The van der Waals surface area contributed by atoms with Gasteiger partial charge in [-0.2, -0.15) is 0 Å². The van der Waals surface area contributed by atoms with E-state index in [1.807, 2.05) is 0 Å². The van der Waals surface area contributed by atoms with Crippen LogP contribution in [0.25, 0.3) is 11.2 Å². The summed E-state index contributed by atoms with van der Waals surface area (Å²) in [6, 6.07) is 0. The van der Waals surface area contributed by atoms with E-state index < -0.39 is 11.1 Å². The maximum absolute atomic E-state index is 12.0. The standard InChI is InChI=1S/C13H17N6O3.Na/c1-17-11-9(19(22)13(21)12(17)20)10(15-8-16-11)14-4-7-18-5-2-3-6-18;/h8H,2-7H2,1H3,(H,14,15,16);/q-1;+1. The summed E-state index contributed by atoms with van der Waals surface area (Å²) < 4.78 is 1.13. The van der Waals surface area contributed by atoms with Crippen LogP contribution in [-0.2, 0) is 7.05 Å². The van der Waals surface area contributed by atoms with Gasteiger partial charge in [0.15, 0.2) is 11.5 Å². The van der Waals surface area contributed by atoms with Gasteiger partial charge in [0, 0.05) is 20.1 Å². The number of rotatable bonds is 4. The van der Waals surface area contributed by atoms with Crippen LogP contribution in [0.5, 0.6) is 0 Å². The van der Waals surface area contributed by atoms with Crippen LogP contribution >= 0.6 is 0 Å². The van der Waals surface area contributed by atoms with Crippen molar-refractivity contribution in [3.63, 3.8) is 0 Å². The Morgan fingerprint density at radius 1 is 1.22 bits per heavy atom. The predicted molar refractivity (Wildman–Crippen MR) is 82.0 cm³/mol. The van der Waals surface area contributed by atoms with Crippen molar-refractivity contribution in [3.05, 3.63) is 32.2 Å². The second kappa shape index (κ2) is 7.43. The molecule has 0 unspecified atom stereocenters. The quantitative estimate of drug-likeness (QED) is 0.455. The third kappa shape index (κ3) is 3.42. The van der Waals surface area contributed by atoms with Crippen LogP contribution in [0.4, 0.5) is 5.82 Å². The maximum Gasteiger partial charge on any atom is 1.00 e. The predicted octanol–water partition coefficient (Wildman–Crippen LogP) is -3.65. The Kier molecular flexibility index (Phi) is 5.79. The van der Waals surface area contributed by atoms with Crippen LogP contribution in [-0.4, -0.2) is 50.3 Å². The summed E-state index contributed by atoms with van der Waals surface area (Å²) >= 11 is 0. The van der Waals surface area contributed by atoms with Crippen molar-refractivity contribution in [2.24, 2.45) is 7.05 Å². The number of anilines is 1. The van der Waals surface area contributed by atoms with Crippen molar-refractivity contribution in [2.45, 2.75) is 12.8 Å². The molecule has 9 nitrogen and oxygen atoms in total. The Labute approximate surface area is 154 Å². The number of hydrogen-bond acceptors (Lipinski definition) is 7. The number of fused-ring (bicyclic) bond motifs is 1. The molecular weight excluding hydrogens is 311 g/mol. The van der Waals surface area contributed by atoms with Gasteiger partial charge in [-0.05, 0) is 25.9 Å². The fourth-order valence-corrected chi connectivity index (χ4v) is 2.70. The summed E-state index contributed by atoms with van der Waals surface area (Å²) in [7, 11) is 1.41. The van der Waals surface area contributed by atoms with E-state index >= 15 is 0 Å². The van der Waals surface area contributed by atoms with Crippen LogP contribution in [0.2, 0.25) is 0 Å². The van der Waals surface area contributed by atoms with E-state index in [1.165, 1.54) is 26.2 Å². The van der Waals surface area contributed by atoms with Crippen molar-refractivity contribution >= 4 is 17.0 Å². The smallest absolute Gasteiger partial charge is 0.803 e. The molecule has 0 bridgehead atoms. The van der Waals surface area contributed by atoms with Crippen LogP contribution in [0.15, 0.2) is 15.9 Å². The van der Waals surface area contributed by atoms with Gasteiger partial charge in [0.25, 0.3) is 0 Å². The minimum atomic E-state index is -1.13. The molecular formula is C13H17N6NaO3. The van der Waals surface area contributed by atoms with Crippen LogP contribution < -0.4 is 46.0 Å². The van der Waals surface area contributed by atoms with Crippen molar-refractivity contribution in [1.29, 1.82) is 0 Å². The van der Waals surface area contributed by atoms with E-state index in [0.717, 1.165) is 24.2 Å². The Morgan fingerprint density at radius 3 is 2.61 bits per heavy atom. The summed E-state index contributed by atoms with van der Waals surface area (Å²) in [5.41, 5.74) is -1.90. The van der Waals surface area contributed by atoms with E-state index in [-0.39, 0.29) is 51.3 Å². The molecule has 10 heteroatoms. The summed E-state index contributed by atoms with van der Waals surface area (Å²) in [5, 5.41) is 15.1. The fourth-order valence-electron chi connectivity index (χ4n) is 2.70. The van der Waals surface area contributed by atoms with Gasteiger partial charge >= 0.3 is 40.7 Å². The van der Waals surface area contributed by atoms with Crippen LogP contribution in [0.3, 0.4) is 0 Å². The van der Waals surface area contributed by atoms with Gasteiger partial charge in [-0.3, -0.25) is 14.2 Å². The molecule has 1 N–H and O–H groups in total. The van der Waals surface area contributed by atoms with Gasteiger partial charge in [-0.1, -0.05) is 0 Å². The Hall–Kier alpha value is -1.42. The number of aryl methyl sites for hydroxylation is 1. The third-order valence-electron chi connectivity index (χ3n) is 3.91. The number of aromatic nitrogens is 4. The largest absolute Gasteiger partial charge is 1.00 e. The molecule has 1 aliphatic heterocycles. The van der Waals surface area contributed by atoms with E-state index in [0.29, 0.717) is 6.54 Å². The fraction of sp³-hybridized carbons (Fsp3) is 0.538. The second-order valence-electron chi connectivity index (χ2n) is 5.33. The van der Waals surface area contributed by atoms with Crippen LogP contribution in [0.1, 0.15) is 12.8 Å². The van der Waals surface area contributed by atoms with E-state index in [9.17, 15) is 14.8 Å². The Bertz CT molecular complexity index is 812. The number of likely N-dealkylation sites (tertiary alicyclic amines) is 1. The van der Waals surface area contributed by atoms with E-state index in [4.69, 9.17) is 0 Å². The molecule has 0 amide bonds. The molecule has 1 saturated heterocycles. The monoisotopic (exact) mass is 328 g/mol. The first kappa shape index (κ1) is 17.9. The van der Waals surface area contributed by atoms with Crippen molar-refractivity contribution in [3.8, 4) is 0 Å². The molecule has 1 fully saturated rings. The average molecular weight is 328 g/mol. The molecule has 0 aliphatic carbocycles. The zero-order chi connectivity index (χ0) is 15.7. The van der Waals surface area contributed by atoms with Gasteiger partial charge in [0.05, 0.1) is 0 Å². The molecule has 0 spiro atoms. The number of nitrogens with one attached hydrogen (secondary N) is 1. The second-order valence-corrected chi connectivity index (χ2v) is 5.33. The Morgan fingerprint density at radius 2 is 1.91 bits per heavy atom. The topological polar surface area (TPSA) is 108 Å². The number of hydrogen-bond donors (Lipinski definition) is 1. The molecule has 0 saturated carbocycles. The molecule has 0 radical (unpaired) electrons. The molecule has 23 heavy (non-hydrogen) atoms. The van der Waals surface area contributed by atoms with Gasteiger partial charge < -0.3 is 20.2 Å². The molecule has 3 heterocycles.